The lowest BCUT2D eigenvalue weighted by Crippen LogP contribution is -2.34. The smallest absolute Gasteiger partial charge is 0.238 e. The molecule has 2 aromatic carbocycles. The SMILES string of the molecule is CCOc1ccc(OCC)c(NC(=O)CN(Cc2cc(OC)ccc2OC)C2CC2)c1. The fraction of sp³-hybridized carbons (Fsp3) is 0.458. The normalized spacial score (nSPS) is 13.1. The van der Waals surface area contributed by atoms with E-state index < -0.39 is 0 Å². The summed E-state index contributed by atoms with van der Waals surface area (Å²) in [7, 11) is 3.30. The van der Waals surface area contributed by atoms with E-state index in [1.54, 1.807) is 20.3 Å². The molecule has 0 bridgehead atoms. The molecule has 0 heterocycles. The van der Waals surface area contributed by atoms with E-state index in [0.29, 0.717) is 43.0 Å². The van der Waals surface area contributed by atoms with Gasteiger partial charge >= 0.3 is 0 Å². The van der Waals surface area contributed by atoms with E-state index in [2.05, 4.69) is 10.2 Å². The lowest BCUT2D eigenvalue weighted by molar-refractivity contribution is -0.117. The topological polar surface area (TPSA) is 69.3 Å². The fourth-order valence-electron chi connectivity index (χ4n) is 3.50. The molecule has 168 valence electrons. The van der Waals surface area contributed by atoms with Gasteiger partial charge in [0.25, 0.3) is 0 Å². The minimum atomic E-state index is -0.0941. The average molecular weight is 429 g/mol. The predicted molar refractivity (Wildman–Crippen MR) is 120 cm³/mol. The van der Waals surface area contributed by atoms with Crippen LogP contribution >= 0.6 is 0 Å². The Morgan fingerprint density at radius 3 is 2.32 bits per heavy atom. The van der Waals surface area contributed by atoms with Gasteiger partial charge in [0.15, 0.2) is 0 Å². The van der Waals surface area contributed by atoms with Crippen molar-refractivity contribution in [2.75, 3.05) is 39.3 Å². The molecule has 1 amide bonds. The van der Waals surface area contributed by atoms with Gasteiger partial charge in [-0.25, -0.2) is 0 Å². The van der Waals surface area contributed by atoms with Gasteiger partial charge in [-0.3, -0.25) is 9.69 Å². The van der Waals surface area contributed by atoms with Crippen LogP contribution in [0.1, 0.15) is 32.3 Å². The number of ether oxygens (including phenoxy) is 4. The Bertz CT molecular complexity index is 882. The Hall–Kier alpha value is -2.93. The summed E-state index contributed by atoms with van der Waals surface area (Å²) in [5.74, 6) is 2.79. The van der Waals surface area contributed by atoms with Crippen LogP contribution in [0.25, 0.3) is 0 Å². The summed E-state index contributed by atoms with van der Waals surface area (Å²) >= 11 is 0. The molecular formula is C24H32N2O5. The molecule has 1 aliphatic rings. The maximum Gasteiger partial charge on any atom is 0.238 e. The van der Waals surface area contributed by atoms with Crippen LogP contribution in [0.4, 0.5) is 5.69 Å². The van der Waals surface area contributed by atoms with Crippen LogP contribution < -0.4 is 24.3 Å². The van der Waals surface area contributed by atoms with Crippen molar-refractivity contribution in [2.24, 2.45) is 0 Å². The number of hydrogen-bond acceptors (Lipinski definition) is 6. The Kier molecular flexibility index (Phi) is 8.00. The largest absolute Gasteiger partial charge is 0.497 e. The minimum absolute atomic E-state index is 0.0941. The van der Waals surface area contributed by atoms with Crippen LogP contribution in [0.15, 0.2) is 36.4 Å². The minimum Gasteiger partial charge on any atom is -0.497 e. The molecule has 1 aliphatic carbocycles. The van der Waals surface area contributed by atoms with Gasteiger partial charge < -0.3 is 24.3 Å². The molecule has 3 rings (SSSR count). The third-order valence-corrected chi connectivity index (χ3v) is 5.11. The van der Waals surface area contributed by atoms with E-state index in [9.17, 15) is 4.79 Å². The molecule has 0 spiro atoms. The van der Waals surface area contributed by atoms with Gasteiger partial charge in [-0.1, -0.05) is 0 Å². The van der Waals surface area contributed by atoms with Crippen molar-refractivity contribution in [2.45, 2.75) is 39.3 Å². The molecular weight excluding hydrogens is 396 g/mol. The molecule has 0 atom stereocenters. The van der Waals surface area contributed by atoms with Crippen molar-refractivity contribution in [3.8, 4) is 23.0 Å². The van der Waals surface area contributed by atoms with Crippen LogP contribution in [0.5, 0.6) is 23.0 Å². The number of amides is 1. The Labute approximate surface area is 184 Å². The van der Waals surface area contributed by atoms with Crippen molar-refractivity contribution in [1.29, 1.82) is 0 Å². The molecule has 31 heavy (non-hydrogen) atoms. The first-order valence-electron chi connectivity index (χ1n) is 10.7. The highest BCUT2D eigenvalue weighted by Gasteiger charge is 2.31. The van der Waals surface area contributed by atoms with Gasteiger partial charge in [-0.15, -0.1) is 0 Å². The molecule has 0 unspecified atom stereocenters. The number of methoxy groups -OCH3 is 2. The van der Waals surface area contributed by atoms with Gasteiger partial charge in [0.1, 0.15) is 23.0 Å². The molecule has 0 aromatic heterocycles. The number of rotatable bonds is 12. The van der Waals surface area contributed by atoms with E-state index in [1.807, 2.05) is 44.2 Å². The Morgan fingerprint density at radius 2 is 1.68 bits per heavy atom. The Balaban J connectivity index is 1.73. The standard InChI is InChI=1S/C24H32N2O5/c1-5-30-20-10-12-23(31-6-2)21(14-20)25-24(27)16-26(18-7-8-18)15-17-13-19(28-3)9-11-22(17)29-4/h9-14,18H,5-8,15-16H2,1-4H3,(H,25,27). The van der Waals surface area contributed by atoms with E-state index in [0.717, 1.165) is 29.9 Å². The first-order valence-corrected chi connectivity index (χ1v) is 10.7. The lowest BCUT2D eigenvalue weighted by Gasteiger charge is -2.23. The summed E-state index contributed by atoms with van der Waals surface area (Å²) in [6, 6.07) is 11.6. The summed E-state index contributed by atoms with van der Waals surface area (Å²) in [5.41, 5.74) is 1.61. The molecule has 7 nitrogen and oxygen atoms in total. The van der Waals surface area contributed by atoms with Crippen molar-refractivity contribution in [3.63, 3.8) is 0 Å². The van der Waals surface area contributed by atoms with Gasteiger partial charge in [0.2, 0.25) is 5.91 Å². The number of hydrogen-bond donors (Lipinski definition) is 1. The fourth-order valence-corrected chi connectivity index (χ4v) is 3.50. The van der Waals surface area contributed by atoms with Crippen molar-refractivity contribution in [3.05, 3.63) is 42.0 Å². The highest BCUT2D eigenvalue weighted by molar-refractivity contribution is 5.94. The summed E-state index contributed by atoms with van der Waals surface area (Å²) in [6.45, 7) is 5.79. The van der Waals surface area contributed by atoms with Crippen molar-refractivity contribution >= 4 is 11.6 Å². The first kappa shape index (κ1) is 22.7. The second-order valence-electron chi connectivity index (χ2n) is 7.39. The van der Waals surface area contributed by atoms with E-state index in [1.165, 1.54) is 0 Å². The van der Waals surface area contributed by atoms with Crippen LogP contribution in [-0.4, -0.2) is 50.8 Å². The first-order chi connectivity index (χ1) is 15.1. The summed E-state index contributed by atoms with van der Waals surface area (Å²) in [6.07, 6.45) is 2.17. The second-order valence-corrected chi connectivity index (χ2v) is 7.39. The number of carbonyl (C=O) groups is 1. The molecule has 0 aliphatic heterocycles. The number of carbonyl (C=O) groups excluding carboxylic acids is 1. The van der Waals surface area contributed by atoms with Crippen LogP contribution in [0.3, 0.4) is 0 Å². The number of nitrogens with one attached hydrogen (secondary N) is 1. The van der Waals surface area contributed by atoms with Crippen molar-refractivity contribution in [1.82, 2.24) is 4.90 Å². The summed E-state index contributed by atoms with van der Waals surface area (Å²) in [5, 5.41) is 3.00. The van der Waals surface area contributed by atoms with E-state index in [-0.39, 0.29) is 12.5 Å². The maximum absolute atomic E-state index is 12.9. The maximum atomic E-state index is 12.9. The summed E-state index contributed by atoms with van der Waals surface area (Å²) < 4.78 is 22.1. The number of nitrogens with zero attached hydrogens (tertiary/aromatic N) is 1. The average Bonchev–Trinajstić information content (AvgIpc) is 3.61. The molecule has 1 saturated carbocycles. The molecule has 0 radical (unpaired) electrons. The zero-order valence-electron chi connectivity index (χ0n) is 18.8. The molecule has 7 heteroatoms. The number of anilines is 1. The summed E-state index contributed by atoms with van der Waals surface area (Å²) in [4.78, 5) is 15.1. The number of benzene rings is 2. The zero-order chi connectivity index (χ0) is 22.2. The molecule has 1 fully saturated rings. The van der Waals surface area contributed by atoms with Crippen LogP contribution in [0.2, 0.25) is 0 Å². The monoisotopic (exact) mass is 428 g/mol. The second kappa shape index (κ2) is 10.9. The van der Waals surface area contributed by atoms with Gasteiger partial charge in [0, 0.05) is 24.2 Å². The highest BCUT2D eigenvalue weighted by Crippen LogP contribution is 2.33. The predicted octanol–water partition coefficient (Wildman–Crippen LogP) is 4.10. The molecule has 0 saturated heterocycles. The lowest BCUT2D eigenvalue weighted by atomic mass is 10.1. The zero-order valence-corrected chi connectivity index (χ0v) is 18.8. The van der Waals surface area contributed by atoms with E-state index in [4.69, 9.17) is 18.9 Å². The van der Waals surface area contributed by atoms with E-state index >= 15 is 0 Å². The molecule has 2 aromatic rings. The highest BCUT2D eigenvalue weighted by atomic mass is 16.5. The molecule has 1 N–H and O–H groups in total. The Morgan fingerprint density at radius 1 is 0.968 bits per heavy atom. The third-order valence-electron chi connectivity index (χ3n) is 5.11. The quantitative estimate of drug-likeness (QED) is 0.549. The van der Waals surface area contributed by atoms with Crippen molar-refractivity contribution < 1.29 is 23.7 Å². The van der Waals surface area contributed by atoms with Gasteiger partial charge in [0.05, 0.1) is 39.7 Å². The van der Waals surface area contributed by atoms with Gasteiger partial charge in [-0.05, 0) is 57.0 Å². The van der Waals surface area contributed by atoms with Crippen LogP contribution in [0, 0.1) is 0 Å². The van der Waals surface area contributed by atoms with Crippen LogP contribution in [-0.2, 0) is 11.3 Å². The third kappa shape index (κ3) is 6.28. The van der Waals surface area contributed by atoms with Gasteiger partial charge in [-0.2, -0.15) is 0 Å².